The number of aliphatic hydroxyl groups is 1. The summed E-state index contributed by atoms with van der Waals surface area (Å²) in [5.74, 6) is -2.32. The van der Waals surface area contributed by atoms with Crippen LogP contribution in [-0.2, 0) is 5.60 Å². The fourth-order valence-corrected chi connectivity index (χ4v) is 5.03. The van der Waals surface area contributed by atoms with Crippen molar-refractivity contribution < 1.29 is 36.6 Å². The monoisotopic (exact) mass is 557 g/mol. The van der Waals surface area contributed by atoms with E-state index in [1.54, 1.807) is 0 Å². The van der Waals surface area contributed by atoms with E-state index < -0.39 is 53.5 Å². The molecule has 0 saturated heterocycles. The van der Waals surface area contributed by atoms with Crippen molar-refractivity contribution in [3.8, 4) is 0 Å². The third-order valence-corrected chi connectivity index (χ3v) is 6.95. The first-order chi connectivity index (χ1) is 17.3. The van der Waals surface area contributed by atoms with Crippen LogP contribution >= 0.6 is 23.2 Å². The number of nitrogens with zero attached hydrogens (tertiary/aromatic N) is 1. The van der Waals surface area contributed by atoms with Crippen molar-refractivity contribution in [1.82, 2.24) is 5.32 Å². The third-order valence-electron chi connectivity index (χ3n) is 6.29. The van der Waals surface area contributed by atoms with E-state index in [0.717, 1.165) is 24.3 Å². The number of halogens is 7. The van der Waals surface area contributed by atoms with Crippen molar-refractivity contribution >= 4 is 46.5 Å². The minimum Gasteiger partial charge on any atom is -0.375 e. The highest BCUT2D eigenvalue weighted by Gasteiger charge is 2.61. The summed E-state index contributed by atoms with van der Waals surface area (Å²) in [5.41, 5.74) is -4.50. The molecule has 2 heterocycles. The minimum absolute atomic E-state index is 0.00830. The molecular formula is C24H14Cl2F5N3O3. The van der Waals surface area contributed by atoms with Gasteiger partial charge in [0.15, 0.2) is 0 Å². The Morgan fingerprint density at radius 3 is 2.41 bits per heavy atom. The number of benzene rings is 3. The lowest BCUT2D eigenvalue weighted by atomic mass is 9.95. The summed E-state index contributed by atoms with van der Waals surface area (Å²) in [4.78, 5) is 26.5. The van der Waals surface area contributed by atoms with Crippen LogP contribution in [0.25, 0.3) is 0 Å². The number of carbonyl (C=O) groups excluding carboxylic acids is 2. The molecule has 0 aromatic heterocycles. The number of nitrogens with one attached hydrogen (secondary N) is 2. The van der Waals surface area contributed by atoms with E-state index in [1.165, 1.54) is 18.2 Å². The van der Waals surface area contributed by atoms with Crippen LogP contribution < -0.4 is 15.5 Å². The topological polar surface area (TPSA) is 81.7 Å². The van der Waals surface area contributed by atoms with Gasteiger partial charge in [-0.3, -0.25) is 9.69 Å². The maximum atomic E-state index is 14.0. The number of amides is 3. The van der Waals surface area contributed by atoms with Crippen LogP contribution in [0.3, 0.4) is 0 Å². The number of β-amino-alcohol motifs (C(OH)–C–C–N with tert-alkyl or cyclic N) is 1. The first-order valence-electron chi connectivity index (χ1n) is 10.6. The Balaban J connectivity index is 1.57. The molecule has 0 aliphatic carbocycles. The van der Waals surface area contributed by atoms with Gasteiger partial charge in [0.05, 0.1) is 28.9 Å². The predicted molar refractivity (Wildman–Crippen MR) is 125 cm³/mol. The Kier molecular flexibility index (Phi) is 5.85. The maximum absolute atomic E-state index is 14.0. The van der Waals surface area contributed by atoms with E-state index in [0.29, 0.717) is 11.0 Å². The van der Waals surface area contributed by atoms with E-state index in [1.807, 2.05) is 0 Å². The second kappa shape index (κ2) is 8.57. The van der Waals surface area contributed by atoms with Crippen LogP contribution in [0.1, 0.15) is 33.1 Å². The summed E-state index contributed by atoms with van der Waals surface area (Å²) in [6.45, 7) is -1.24. The zero-order valence-electron chi connectivity index (χ0n) is 18.3. The molecule has 3 aromatic carbocycles. The summed E-state index contributed by atoms with van der Waals surface area (Å²) in [5, 5.41) is 15.6. The van der Waals surface area contributed by atoms with Crippen molar-refractivity contribution in [3.05, 3.63) is 92.5 Å². The van der Waals surface area contributed by atoms with Crippen LogP contribution in [-0.4, -0.2) is 29.8 Å². The zero-order chi connectivity index (χ0) is 26.9. The number of carbonyl (C=O) groups is 2. The molecule has 0 saturated carbocycles. The SMILES string of the molecule is O=C1N[C@H](c2cc(F)ccc2Cl)c2c(NC(=O)N3C[C@](O)(C(F)(F)F)c4cc(F)ccc43)ccc(Cl)c21. The molecule has 0 fully saturated rings. The molecule has 2 atom stereocenters. The number of hydrogen-bond acceptors (Lipinski definition) is 3. The Morgan fingerprint density at radius 2 is 1.70 bits per heavy atom. The molecule has 5 rings (SSSR count). The molecule has 2 aliphatic heterocycles. The first kappa shape index (κ1) is 25.2. The van der Waals surface area contributed by atoms with Gasteiger partial charge >= 0.3 is 12.2 Å². The van der Waals surface area contributed by atoms with Gasteiger partial charge in [-0.05, 0) is 48.5 Å². The van der Waals surface area contributed by atoms with Gasteiger partial charge in [-0.2, -0.15) is 13.2 Å². The van der Waals surface area contributed by atoms with E-state index in [4.69, 9.17) is 23.2 Å². The predicted octanol–water partition coefficient (Wildman–Crippen LogP) is 5.91. The number of urea groups is 1. The molecule has 6 nitrogen and oxygen atoms in total. The first-order valence-corrected chi connectivity index (χ1v) is 11.3. The van der Waals surface area contributed by atoms with Crippen LogP contribution in [0.2, 0.25) is 10.0 Å². The van der Waals surface area contributed by atoms with E-state index >= 15 is 0 Å². The van der Waals surface area contributed by atoms with E-state index in [9.17, 15) is 36.6 Å². The third kappa shape index (κ3) is 3.97. The summed E-state index contributed by atoms with van der Waals surface area (Å²) in [7, 11) is 0. The average Bonchev–Trinajstić information content (AvgIpc) is 3.33. The van der Waals surface area contributed by atoms with Crippen LogP contribution in [0.4, 0.5) is 38.1 Å². The van der Waals surface area contributed by atoms with Crippen LogP contribution in [0, 0.1) is 11.6 Å². The Hall–Kier alpha value is -3.41. The van der Waals surface area contributed by atoms with Crippen molar-refractivity contribution in [1.29, 1.82) is 0 Å². The van der Waals surface area contributed by atoms with Gasteiger partial charge in [0, 0.05) is 27.4 Å². The lowest BCUT2D eigenvalue weighted by molar-refractivity contribution is -0.258. The molecule has 3 amide bonds. The molecule has 0 unspecified atom stereocenters. The average molecular weight is 558 g/mol. The zero-order valence-corrected chi connectivity index (χ0v) is 19.8. The molecule has 3 aromatic rings. The molecule has 0 bridgehead atoms. The Labute approximate surface area is 215 Å². The van der Waals surface area contributed by atoms with Crippen LogP contribution in [0.5, 0.6) is 0 Å². The smallest absolute Gasteiger partial charge is 0.375 e. The highest BCUT2D eigenvalue weighted by molar-refractivity contribution is 6.35. The highest BCUT2D eigenvalue weighted by atomic mass is 35.5. The van der Waals surface area contributed by atoms with Crippen molar-refractivity contribution in [3.63, 3.8) is 0 Å². The number of hydrogen-bond donors (Lipinski definition) is 3. The van der Waals surface area contributed by atoms with Gasteiger partial charge in [0.2, 0.25) is 5.60 Å². The summed E-state index contributed by atoms with van der Waals surface area (Å²) >= 11 is 12.4. The second-order valence-electron chi connectivity index (χ2n) is 8.49. The number of fused-ring (bicyclic) bond motifs is 2. The maximum Gasteiger partial charge on any atom is 0.423 e. The lowest BCUT2D eigenvalue weighted by Crippen LogP contribution is -2.48. The van der Waals surface area contributed by atoms with Gasteiger partial charge in [-0.15, -0.1) is 0 Å². The molecule has 3 N–H and O–H groups in total. The van der Waals surface area contributed by atoms with Gasteiger partial charge in [-0.1, -0.05) is 23.2 Å². The molecular weight excluding hydrogens is 544 g/mol. The largest absolute Gasteiger partial charge is 0.423 e. The molecule has 2 aliphatic rings. The van der Waals surface area contributed by atoms with Gasteiger partial charge in [0.25, 0.3) is 5.91 Å². The van der Waals surface area contributed by atoms with E-state index in [2.05, 4.69) is 10.6 Å². The van der Waals surface area contributed by atoms with Gasteiger partial charge < -0.3 is 15.7 Å². The Bertz CT molecular complexity index is 1480. The molecule has 13 heteroatoms. The molecule has 0 spiro atoms. The summed E-state index contributed by atoms with van der Waals surface area (Å²) < 4.78 is 69.0. The second-order valence-corrected chi connectivity index (χ2v) is 9.31. The lowest BCUT2D eigenvalue weighted by Gasteiger charge is -2.27. The standard InChI is InChI=1S/C24H14Cl2F5N3O3/c25-14-3-1-10(27)7-12(14)20-19-16(5-4-15(26)18(19)21(35)33-20)32-22(36)34-9-23(37,24(29,30)31)13-8-11(28)2-6-17(13)34/h1-8,20,37H,9H2,(H,32,36)(H,33,35)/t20-,23-/m1/s1. The summed E-state index contributed by atoms with van der Waals surface area (Å²) in [6.07, 6.45) is -5.22. The van der Waals surface area contributed by atoms with Crippen molar-refractivity contribution in [2.24, 2.45) is 0 Å². The fourth-order valence-electron chi connectivity index (χ4n) is 4.56. The molecule has 192 valence electrons. The van der Waals surface area contributed by atoms with Gasteiger partial charge in [-0.25, -0.2) is 13.6 Å². The van der Waals surface area contributed by atoms with E-state index in [-0.39, 0.29) is 38.1 Å². The Morgan fingerprint density at radius 1 is 1.05 bits per heavy atom. The number of alkyl halides is 3. The quantitative estimate of drug-likeness (QED) is 0.343. The fraction of sp³-hybridized carbons (Fsp3) is 0.167. The number of anilines is 2. The molecule has 0 radical (unpaired) electrons. The van der Waals surface area contributed by atoms with Crippen molar-refractivity contribution in [2.75, 3.05) is 16.8 Å². The van der Waals surface area contributed by atoms with Crippen LogP contribution in [0.15, 0.2) is 48.5 Å². The number of rotatable bonds is 2. The summed E-state index contributed by atoms with van der Waals surface area (Å²) in [6, 6.07) is 6.24. The minimum atomic E-state index is -5.22. The molecule has 37 heavy (non-hydrogen) atoms. The van der Waals surface area contributed by atoms with Gasteiger partial charge in [0.1, 0.15) is 11.6 Å². The normalized spacial score (nSPS) is 20.5. The van der Waals surface area contributed by atoms with Crippen molar-refractivity contribution in [2.45, 2.75) is 17.8 Å². The highest BCUT2D eigenvalue weighted by Crippen LogP contribution is 2.49.